The molecular weight excluding hydrogens is 408 g/mol. The van der Waals surface area contributed by atoms with Crippen LogP contribution in [0.2, 0.25) is 0 Å². The number of nitrogens with one attached hydrogen (secondary N) is 3. The summed E-state index contributed by atoms with van der Waals surface area (Å²) in [6.07, 6.45) is -1.13. The van der Waals surface area contributed by atoms with Crippen LogP contribution in [0.1, 0.15) is 26.3 Å². The van der Waals surface area contributed by atoms with E-state index in [2.05, 4.69) is 16.0 Å². The quantitative estimate of drug-likeness (QED) is 0.216. The smallest absolute Gasteiger partial charge is 0.322 e. The van der Waals surface area contributed by atoms with E-state index in [1.807, 2.05) is 0 Å². The average molecular weight is 438 g/mol. The van der Waals surface area contributed by atoms with E-state index in [0.717, 1.165) is 5.56 Å². The van der Waals surface area contributed by atoms with Crippen molar-refractivity contribution >= 4 is 23.7 Å². The molecule has 0 aliphatic carbocycles. The van der Waals surface area contributed by atoms with E-state index in [1.165, 1.54) is 19.1 Å². The van der Waals surface area contributed by atoms with Crippen molar-refractivity contribution < 1.29 is 34.5 Å². The van der Waals surface area contributed by atoms with Crippen LogP contribution in [0.4, 0.5) is 0 Å². The number of phenolic OH excluding ortho intramolecular Hbond substituents is 1. The van der Waals surface area contributed by atoms with Gasteiger partial charge >= 0.3 is 5.97 Å². The van der Waals surface area contributed by atoms with Gasteiger partial charge in [0.1, 0.15) is 24.4 Å². The third-order valence-corrected chi connectivity index (χ3v) is 4.45. The van der Waals surface area contributed by atoms with Gasteiger partial charge in [0.2, 0.25) is 17.7 Å². The van der Waals surface area contributed by atoms with Gasteiger partial charge in [-0.05, 0) is 37.0 Å². The number of aromatic hydroxyl groups is 1. The van der Waals surface area contributed by atoms with Gasteiger partial charge in [-0.3, -0.25) is 19.2 Å². The number of rotatable bonds is 11. The third-order valence-electron chi connectivity index (χ3n) is 4.45. The van der Waals surface area contributed by atoms with Crippen molar-refractivity contribution in [2.24, 2.45) is 11.7 Å². The summed E-state index contributed by atoms with van der Waals surface area (Å²) in [5.41, 5.74) is 6.65. The second-order valence-corrected chi connectivity index (χ2v) is 7.55. The van der Waals surface area contributed by atoms with E-state index in [4.69, 9.17) is 10.8 Å². The molecule has 0 spiro atoms. The summed E-state index contributed by atoms with van der Waals surface area (Å²) in [6, 6.07) is 2.76. The Bertz CT molecular complexity index is 780. The number of carbonyl (C=O) groups excluding carboxylic acids is 3. The molecule has 1 aromatic rings. The number of nitrogens with two attached hydrogens (primary N) is 1. The molecule has 3 amide bonds. The summed E-state index contributed by atoms with van der Waals surface area (Å²) < 4.78 is 0. The first-order chi connectivity index (χ1) is 14.4. The fraction of sp³-hybridized carbons (Fsp3) is 0.500. The standard InChI is InChI=1S/C20H30N4O7/c1-10(2)16(20(31)24-17(11(3)25)19(30)22-9-15(27)28)23-18(29)14(21)8-12-4-6-13(26)7-5-12/h4-7,10-11,14,16-17,25-26H,8-9,21H2,1-3H3,(H,22,30)(H,23,29)(H,24,31)(H,27,28). The molecular formula is C20H30N4O7. The number of hydrogen-bond donors (Lipinski definition) is 7. The highest BCUT2D eigenvalue weighted by molar-refractivity contribution is 5.94. The van der Waals surface area contributed by atoms with Crippen molar-refractivity contribution in [2.45, 2.75) is 51.4 Å². The van der Waals surface area contributed by atoms with E-state index in [9.17, 15) is 29.4 Å². The zero-order valence-corrected chi connectivity index (χ0v) is 17.7. The molecule has 1 aromatic carbocycles. The number of phenols is 1. The Balaban J connectivity index is 2.80. The first-order valence-corrected chi connectivity index (χ1v) is 9.74. The Morgan fingerprint density at radius 2 is 1.48 bits per heavy atom. The van der Waals surface area contributed by atoms with Crippen LogP contribution in [-0.4, -0.2) is 69.8 Å². The normalized spacial score (nSPS) is 14.8. The summed E-state index contributed by atoms with van der Waals surface area (Å²) in [7, 11) is 0. The fourth-order valence-corrected chi connectivity index (χ4v) is 2.69. The van der Waals surface area contributed by atoms with Crippen molar-refractivity contribution in [1.29, 1.82) is 0 Å². The van der Waals surface area contributed by atoms with E-state index >= 15 is 0 Å². The molecule has 11 heteroatoms. The molecule has 0 fully saturated rings. The zero-order valence-electron chi connectivity index (χ0n) is 17.7. The Labute approximate surface area is 180 Å². The van der Waals surface area contributed by atoms with Gasteiger partial charge in [-0.15, -0.1) is 0 Å². The van der Waals surface area contributed by atoms with E-state index in [1.54, 1.807) is 26.0 Å². The van der Waals surface area contributed by atoms with Crippen molar-refractivity contribution in [1.82, 2.24) is 16.0 Å². The lowest BCUT2D eigenvalue weighted by molar-refractivity contribution is -0.139. The maximum Gasteiger partial charge on any atom is 0.322 e. The Morgan fingerprint density at radius 3 is 1.97 bits per heavy atom. The highest BCUT2D eigenvalue weighted by atomic mass is 16.4. The van der Waals surface area contributed by atoms with Gasteiger partial charge in [0.05, 0.1) is 12.1 Å². The van der Waals surface area contributed by atoms with Crippen LogP contribution in [0.15, 0.2) is 24.3 Å². The van der Waals surface area contributed by atoms with Crippen molar-refractivity contribution in [3.8, 4) is 5.75 Å². The molecule has 0 saturated heterocycles. The van der Waals surface area contributed by atoms with Gasteiger partial charge in [-0.25, -0.2) is 0 Å². The van der Waals surface area contributed by atoms with Gasteiger partial charge in [-0.2, -0.15) is 0 Å². The summed E-state index contributed by atoms with van der Waals surface area (Å²) in [6.45, 7) is 3.95. The number of hydrogen-bond acceptors (Lipinski definition) is 7. The second-order valence-electron chi connectivity index (χ2n) is 7.55. The SMILES string of the molecule is CC(C)C(NC(=O)C(N)Cc1ccc(O)cc1)C(=O)NC(C(=O)NCC(=O)O)C(C)O. The molecule has 0 bridgehead atoms. The molecule has 4 unspecified atom stereocenters. The number of amides is 3. The predicted molar refractivity (Wildman–Crippen MR) is 111 cm³/mol. The van der Waals surface area contributed by atoms with Crippen molar-refractivity contribution in [3.05, 3.63) is 29.8 Å². The molecule has 0 aromatic heterocycles. The molecule has 4 atom stereocenters. The molecule has 1 rings (SSSR count). The number of carboxylic acids is 1. The van der Waals surface area contributed by atoms with Crippen molar-refractivity contribution in [3.63, 3.8) is 0 Å². The highest BCUT2D eigenvalue weighted by Crippen LogP contribution is 2.11. The van der Waals surface area contributed by atoms with Crippen LogP contribution in [0, 0.1) is 5.92 Å². The number of carbonyl (C=O) groups is 4. The molecule has 8 N–H and O–H groups in total. The van der Waals surface area contributed by atoms with Crippen LogP contribution in [0.25, 0.3) is 0 Å². The Morgan fingerprint density at radius 1 is 0.935 bits per heavy atom. The van der Waals surface area contributed by atoms with E-state index < -0.39 is 54.5 Å². The first kappa shape index (κ1) is 25.9. The largest absolute Gasteiger partial charge is 0.508 e. The monoisotopic (exact) mass is 438 g/mol. The Kier molecular flexibility index (Phi) is 9.90. The third kappa shape index (κ3) is 8.60. The van der Waals surface area contributed by atoms with Crippen LogP contribution in [0.5, 0.6) is 5.75 Å². The minimum absolute atomic E-state index is 0.0818. The Hall–Kier alpha value is -3.18. The molecule has 0 saturated carbocycles. The number of aliphatic hydroxyl groups excluding tert-OH is 1. The van der Waals surface area contributed by atoms with Crippen molar-refractivity contribution in [2.75, 3.05) is 6.54 Å². The maximum absolute atomic E-state index is 12.7. The predicted octanol–water partition coefficient (Wildman–Crippen LogP) is -1.53. The topological polar surface area (TPSA) is 191 Å². The van der Waals surface area contributed by atoms with Crippen LogP contribution in [-0.2, 0) is 25.6 Å². The minimum atomic E-state index is -1.41. The van der Waals surface area contributed by atoms with Gasteiger partial charge in [0, 0.05) is 0 Å². The molecule has 0 aliphatic heterocycles. The molecule has 0 heterocycles. The summed E-state index contributed by atoms with van der Waals surface area (Å²) in [5, 5.41) is 34.8. The summed E-state index contributed by atoms with van der Waals surface area (Å²) in [5.74, 6) is -3.76. The fourth-order valence-electron chi connectivity index (χ4n) is 2.69. The lowest BCUT2D eigenvalue weighted by Gasteiger charge is -2.27. The number of carboxylic acid groups (broad SMARTS) is 1. The van der Waals surface area contributed by atoms with Crippen LogP contribution < -0.4 is 21.7 Å². The molecule has 172 valence electrons. The number of aliphatic carboxylic acids is 1. The van der Waals surface area contributed by atoms with Gasteiger partial charge in [-0.1, -0.05) is 26.0 Å². The summed E-state index contributed by atoms with van der Waals surface area (Å²) in [4.78, 5) is 47.9. The average Bonchev–Trinajstić information content (AvgIpc) is 2.69. The zero-order chi connectivity index (χ0) is 23.7. The highest BCUT2D eigenvalue weighted by Gasteiger charge is 2.32. The second kappa shape index (κ2) is 11.9. The molecule has 0 radical (unpaired) electrons. The first-order valence-electron chi connectivity index (χ1n) is 9.74. The molecule has 11 nitrogen and oxygen atoms in total. The lowest BCUT2D eigenvalue weighted by Crippen LogP contribution is -2.60. The molecule has 0 aliphatic rings. The number of benzene rings is 1. The van der Waals surface area contributed by atoms with Crippen LogP contribution in [0.3, 0.4) is 0 Å². The van der Waals surface area contributed by atoms with Crippen LogP contribution >= 0.6 is 0 Å². The van der Waals surface area contributed by atoms with Gasteiger partial charge in [0.25, 0.3) is 0 Å². The molecule has 31 heavy (non-hydrogen) atoms. The lowest BCUT2D eigenvalue weighted by atomic mass is 10.0. The summed E-state index contributed by atoms with van der Waals surface area (Å²) >= 11 is 0. The minimum Gasteiger partial charge on any atom is -0.508 e. The number of aliphatic hydroxyl groups is 1. The van der Waals surface area contributed by atoms with Gasteiger partial charge in [0.15, 0.2) is 0 Å². The van der Waals surface area contributed by atoms with Gasteiger partial charge < -0.3 is 37.0 Å². The maximum atomic E-state index is 12.7. The van der Waals surface area contributed by atoms with E-state index in [0.29, 0.717) is 0 Å². The van der Waals surface area contributed by atoms with E-state index in [-0.39, 0.29) is 18.1 Å².